The number of benzene rings is 2. The Kier molecular flexibility index (Phi) is 9.12. The Morgan fingerprint density at radius 1 is 0.953 bits per heavy atom. The van der Waals surface area contributed by atoms with E-state index in [4.69, 9.17) is 4.74 Å². The molecule has 4 bridgehead atoms. The van der Waals surface area contributed by atoms with Crippen molar-refractivity contribution in [3.05, 3.63) is 59.7 Å². The number of hydrogen-bond acceptors (Lipinski definition) is 5. The summed E-state index contributed by atoms with van der Waals surface area (Å²) in [6.45, 7) is 5.34. The van der Waals surface area contributed by atoms with Gasteiger partial charge in [-0.2, -0.15) is 0 Å². The van der Waals surface area contributed by atoms with Crippen LogP contribution in [0.5, 0.6) is 5.75 Å². The maximum absolute atomic E-state index is 13.9. The lowest BCUT2D eigenvalue weighted by Crippen LogP contribution is -2.52. The van der Waals surface area contributed by atoms with Crippen molar-refractivity contribution in [2.24, 2.45) is 17.8 Å². The first kappa shape index (κ1) is 31.4. The number of carbonyl (C=O) groups is 2. The molecule has 2 aromatic rings. The molecule has 0 radical (unpaired) electrons. The highest BCUT2D eigenvalue weighted by atomic mass is 32.2. The van der Waals surface area contributed by atoms with Crippen LogP contribution in [0.15, 0.2) is 48.5 Å². The minimum Gasteiger partial charge on any atom is -0.497 e. The van der Waals surface area contributed by atoms with E-state index >= 15 is 0 Å². The number of methoxy groups -OCH3 is 1. The first-order chi connectivity index (χ1) is 20.4. The van der Waals surface area contributed by atoms with Crippen LogP contribution in [0.25, 0.3) is 0 Å². The molecule has 9 heteroatoms. The fraction of sp³-hybridized carbons (Fsp3) is 0.588. The zero-order valence-electron chi connectivity index (χ0n) is 26.2. The minimum atomic E-state index is -3.79. The second kappa shape index (κ2) is 12.5. The normalized spacial score (nSPS) is 25.6. The lowest BCUT2D eigenvalue weighted by molar-refractivity contribution is -0.139. The van der Waals surface area contributed by atoms with Gasteiger partial charge in [0.15, 0.2) is 0 Å². The van der Waals surface area contributed by atoms with Gasteiger partial charge in [-0.25, -0.2) is 8.42 Å². The van der Waals surface area contributed by atoms with E-state index in [1.165, 1.54) is 53.3 Å². The first-order valence-electron chi connectivity index (χ1n) is 15.7. The van der Waals surface area contributed by atoms with Crippen molar-refractivity contribution in [2.75, 3.05) is 24.2 Å². The van der Waals surface area contributed by atoms with Crippen molar-refractivity contribution in [2.45, 2.75) is 89.8 Å². The lowest BCUT2D eigenvalue weighted by Gasteiger charge is -2.57. The first-order valence-corrected chi connectivity index (χ1v) is 17.6. The molecule has 0 heterocycles. The van der Waals surface area contributed by atoms with Gasteiger partial charge in [-0.3, -0.25) is 13.9 Å². The number of nitrogens with zero attached hydrogens (tertiary/aromatic N) is 2. The van der Waals surface area contributed by atoms with E-state index in [2.05, 4.69) is 17.4 Å². The summed E-state index contributed by atoms with van der Waals surface area (Å²) in [5, 5.41) is 2.96. The molecular formula is C34H47N3O5S. The van der Waals surface area contributed by atoms with Crippen LogP contribution in [0.3, 0.4) is 0 Å². The molecule has 6 rings (SSSR count). The van der Waals surface area contributed by atoms with Crippen LogP contribution in [0.1, 0.15) is 76.8 Å². The smallest absolute Gasteiger partial charge is 0.244 e. The maximum atomic E-state index is 13.9. The van der Waals surface area contributed by atoms with Crippen molar-refractivity contribution >= 4 is 27.5 Å². The number of nitrogens with one attached hydrogen (secondary N) is 1. The van der Waals surface area contributed by atoms with Crippen LogP contribution in [0, 0.1) is 17.8 Å². The molecule has 2 aromatic carbocycles. The largest absolute Gasteiger partial charge is 0.497 e. The van der Waals surface area contributed by atoms with Crippen molar-refractivity contribution < 1.29 is 22.7 Å². The van der Waals surface area contributed by atoms with Crippen molar-refractivity contribution in [1.29, 1.82) is 0 Å². The molecule has 43 heavy (non-hydrogen) atoms. The highest BCUT2D eigenvalue weighted by Crippen LogP contribution is 2.60. The summed E-state index contributed by atoms with van der Waals surface area (Å²) in [6.07, 6.45) is 9.65. The Morgan fingerprint density at radius 2 is 1.51 bits per heavy atom. The van der Waals surface area contributed by atoms with E-state index in [1.54, 1.807) is 26.2 Å². The third-order valence-electron chi connectivity index (χ3n) is 10.2. The predicted octanol–water partition coefficient (Wildman–Crippen LogP) is 5.26. The molecule has 8 nitrogen and oxygen atoms in total. The molecule has 4 saturated carbocycles. The Morgan fingerprint density at radius 3 is 2.00 bits per heavy atom. The molecule has 2 amide bonds. The molecule has 234 valence electrons. The average molecular weight is 610 g/mol. The number of sulfonamides is 1. The van der Waals surface area contributed by atoms with E-state index in [-0.39, 0.29) is 23.9 Å². The molecule has 0 saturated heterocycles. The third-order valence-corrected chi connectivity index (χ3v) is 11.3. The number of carbonyl (C=O) groups excluding carboxylic acids is 2. The third kappa shape index (κ3) is 6.87. The minimum absolute atomic E-state index is 0.0482. The molecule has 4 aliphatic rings. The summed E-state index contributed by atoms with van der Waals surface area (Å²) >= 11 is 0. The van der Waals surface area contributed by atoms with Crippen molar-refractivity contribution in [3.8, 4) is 5.75 Å². The van der Waals surface area contributed by atoms with Gasteiger partial charge in [-0.1, -0.05) is 31.2 Å². The maximum Gasteiger partial charge on any atom is 0.244 e. The van der Waals surface area contributed by atoms with Crippen LogP contribution >= 0.6 is 0 Å². The quantitative estimate of drug-likeness (QED) is 0.354. The summed E-state index contributed by atoms with van der Waals surface area (Å²) in [4.78, 5) is 28.5. The molecule has 0 spiro atoms. The fourth-order valence-electron chi connectivity index (χ4n) is 8.03. The Labute approximate surface area is 257 Å². The van der Waals surface area contributed by atoms with E-state index in [9.17, 15) is 18.0 Å². The van der Waals surface area contributed by atoms with Gasteiger partial charge in [-0.05, 0) is 117 Å². The van der Waals surface area contributed by atoms with Crippen LogP contribution in [0.4, 0.5) is 5.69 Å². The van der Waals surface area contributed by atoms with E-state index < -0.39 is 28.5 Å². The van der Waals surface area contributed by atoms with Crippen molar-refractivity contribution in [1.82, 2.24) is 10.2 Å². The van der Waals surface area contributed by atoms with E-state index in [0.717, 1.165) is 36.0 Å². The number of amides is 2. The number of anilines is 1. The second-order valence-electron chi connectivity index (χ2n) is 13.4. The summed E-state index contributed by atoms with van der Waals surface area (Å²) in [5.74, 6) is 2.40. The standard InChI is InChI=1S/C34H47N3O5S/c1-6-23(2)35-33(39)24(3)36(21-25-7-13-31(42-4)14-8-25)32(38)22-37(43(5,40)41)30-11-9-29(10-12-30)34-18-26-15-27(19-34)17-28(16-26)20-34/h7-14,23-24,26-28H,6,15-22H2,1-5H3,(H,35,39)/t23-,24-,26?,27?,28?,34?/m1/s1. The van der Waals surface area contributed by atoms with Gasteiger partial charge in [-0.15, -0.1) is 0 Å². The van der Waals surface area contributed by atoms with Gasteiger partial charge in [0.25, 0.3) is 0 Å². The molecular weight excluding hydrogens is 562 g/mol. The summed E-state index contributed by atoms with van der Waals surface area (Å²) in [7, 11) is -2.20. The zero-order valence-corrected chi connectivity index (χ0v) is 27.0. The fourth-order valence-corrected chi connectivity index (χ4v) is 8.88. The molecule has 0 aliphatic heterocycles. The lowest BCUT2D eigenvalue weighted by atomic mass is 9.48. The highest BCUT2D eigenvalue weighted by molar-refractivity contribution is 7.92. The number of rotatable bonds is 12. The zero-order chi connectivity index (χ0) is 30.9. The molecule has 1 N–H and O–H groups in total. The van der Waals surface area contributed by atoms with E-state index in [1.807, 2.05) is 38.1 Å². The summed E-state index contributed by atoms with van der Waals surface area (Å²) in [6, 6.07) is 14.3. The van der Waals surface area contributed by atoms with Gasteiger partial charge in [0.05, 0.1) is 19.1 Å². The van der Waals surface area contributed by atoms with Crippen LogP contribution in [0.2, 0.25) is 0 Å². The number of ether oxygens (including phenoxy) is 1. The summed E-state index contributed by atoms with van der Waals surface area (Å²) in [5.41, 5.74) is 2.77. The van der Waals surface area contributed by atoms with Crippen LogP contribution < -0.4 is 14.4 Å². The second-order valence-corrected chi connectivity index (χ2v) is 15.3. The molecule has 0 aromatic heterocycles. The van der Waals surface area contributed by atoms with E-state index in [0.29, 0.717) is 11.4 Å². The van der Waals surface area contributed by atoms with Gasteiger partial charge >= 0.3 is 0 Å². The van der Waals surface area contributed by atoms with Gasteiger partial charge in [0.2, 0.25) is 21.8 Å². The summed E-state index contributed by atoms with van der Waals surface area (Å²) < 4.78 is 32.6. The Bertz CT molecular complexity index is 1370. The Balaban J connectivity index is 1.38. The topological polar surface area (TPSA) is 96.0 Å². The molecule has 4 fully saturated rings. The average Bonchev–Trinajstić information content (AvgIpc) is 2.97. The van der Waals surface area contributed by atoms with Gasteiger partial charge in [0, 0.05) is 12.6 Å². The van der Waals surface area contributed by atoms with Gasteiger partial charge < -0.3 is 15.0 Å². The van der Waals surface area contributed by atoms with Gasteiger partial charge in [0.1, 0.15) is 18.3 Å². The SMILES string of the molecule is CC[C@@H](C)NC(=O)[C@@H](C)N(Cc1ccc(OC)cc1)C(=O)CN(c1ccc(C23CC4CC(CC(C4)C2)C3)cc1)S(C)(=O)=O. The highest BCUT2D eigenvalue weighted by Gasteiger charge is 2.51. The monoisotopic (exact) mass is 609 g/mol. The Hall–Kier alpha value is -3.07. The van der Waals surface area contributed by atoms with Crippen LogP contribution in [-0.4, -0.2) is 57.1 Å². The molecule has 2 atom stereocenters. The molecule has 0 unspecified atom stereocenters. The van der Waals surface area contributed by atoms with Crippen molar-refractivity contribution in [3.63, 3.8) is 0 Å². The predicted molar refractivity (Wildman–Crippen MR) is 169 cm³/mol. The number of hydrogen-bond donors (Lipinski definition) is 1. The van der Waals surface area contributed by atoms with Crippen LogP contribution in [-0.2, 0) is 31.6 Å². The molecule has 4 aliphatic carbocycles.